The van der Waals surface area contributed by atoms with Gasteiger partial charge in [0.25, 0.3) is 25.8 Å². The first kappa shape index (κ1) is 24.2. The second-order valence-electron chi connectivity index (χ2n) is 6.08. The SMILES string of the molecule is Cc1c(N/N=C(\C#N)C(=N)N)cc(S(=O)(=O)O)cc1NS(=O)(=O)c1cccc([N+](=O)[O-])c1. The van der Waals surface area contributed by atoms with E-state index in [-0.39, 0.29) is 16.9 Å². The number of nitro benzene ring substituents is 1. The van der Waals surface area contributed by atoms with Crippen molar-refractivity contribution in [3.05, 3.63) is 52.1 Å². The van der Waals surface area contributed by atoms with Crippen LogP contribution >= 0.6 is 0 Å². The van der Waals surface area contributed by atoms with E-state index in [9.17, 15) is 31.5 Å². The summed E-state index contributed by atoms with van der Waals surface area (Å²) in [5, 5.41) is 30.6. The number of nitrogens with two attached hydrogens (primary N) is 1. The predicted octanol–water partition coefficient (Wildman–Crippen LogP) is 1.18. The Kier molecular flexibility index (Phi) is 6.78. The molecule has 0 amide bonds. The summed E-state index contributed by atoms with van der Waals surface area (Å²) in [6, 6.07) is 7.40. The molecule has 16 heteroatoms. The first-order chi connectivity index (χ1) is 14.8. The Morgan fingerprint density at radius 3 is 2.38 bits per heavy atom. The molecule has 168 valence electrons. The van der Waals surface area contributed by atoms with Crippen molar-refractivity contribution in [1.82, 2.24) is 0 Å². The van der Waals surface area contributed by atoms with Gasteiger partial charge in [0.1, 0.15) is 6.07 Å². The molecule has 32 heavy (non-hydrogen) atoms. The highest BCUT2D eigenvalue weighted by atomic mass is 32.2. The van der Waals surface area contributed by atoms with Gasteiger partial charge in [-0.25, -0.2) is 8.42 Å². The van der Waals surface area contributed by atoms with Gasteiger partial charge >= 0.3 is 0 Å². The summed E-state index contributed by atoms with van der Waals surface area (Å²) in [6.07, 6.45) is 0. The molecule has 0 unspecified atom stereocenters. The monoisotopic (exact) mass is 481 g/mol. The zero-order valence-corrected chi connectivity index (χ0v) is 17.7. The Labute approximate surface area is 181 Å². The Balaban J connectivity index is 2.60. The summed E-state index contributed by atoms with van der Waals surface area (Å²) in [7, 11) is -9.23. The number of nitriles is 1. The second-order valence-corrected chi connectivity index (χ2v) is 9.18. The van der Waals surface area contributed by atoms with Crippen LogP contribution in [-0.2, 0) is 20.1 Å². The predicted molar refractivity (Wildman–Crippen MR) is 113 cm³/mol. The van der Waals surface area contributed by atoms with Crippen LogP contribution in [0.3, 0.4) is 0 Å². The van der Waals surface area contributed by atoms with E-state index in [0.717, 1.165) is 36.4 Å². The summed E-state index contributed by atoms with van der Waals surface area (Å²) in [5.41, 5.74) is 6.06. The number of hydrogen-bond acceptors (Lipinski definition) is 10. The molecule has 2 aromatic carbocycles. The van der Waals surface area contributed by atoms with Crippen LogP contribution in [0.4, 0.5) is 17.1 Å². The van der Waals surface area contributed by atoms with Gasteiger partial charge in [-0.15, -0.1) is 0 Å². The molecule has 0 heterocycles. The van der Waals surface area contributed by atoms with Crippen LogP contribution in [0.5, 0.6) is 0 Å². The maximum atomic E-state index is 12.7. The minimum absolute atomic E-state index is 0.0796. The molecule has 6 N–H and O–H groups in total. The Hall–Kier alpha value is -4.07. The first-order valence-corrected chi connectivity index (χ1v) is 11.2. The normalized spacial score (nSPS) is 12.0. The lowest BCUT2D eigenvalue weighted by molar-refractivity contribution is -0.385. The number of nitrogens with zero attached hydrogens (tertiary/aromatic N) is 3. The topological polar surface area (TPSA) is 242 Å². The molecule has 0 bridgehead atoms. The van der Waals surface area contributed by atoms with Crippen molar-refractivity contribution in [3.63, 3.8) is 0 Å². The standard InChI is InChI=1S/C16H15N7O7S2/c1-9-13(20-21-15(8-17)16(18)19)6-12(32(28,29)30)7-14(9)22-31(26,27)11-4-2-3-10(5-11)23(24)25/h2-7,20,22H,1H3,(H3,18,19)(H,28,29,30)/b21-15+. The van der Waals surface area contributed by atoms with E-state index in [4.69, 9.17) is 16.4 Å². The van der Waals surface area contributed by atoms with Gasteiger partial charge in [0.15, 0.2) is 5.84 Å². The molecule has 0 aliphatic carbocycles. The Morgan fingerprint density at radius 2 is 1.84 bits per heavy atom. The fourth-order valence-electron chi connectivity index (χ4n) is 2.29. The molecule has 2 rings (SSSR count). The molecule has 0 atom stereocenters. The van der Waals surface area contributed by atoms with Crippen molar-refractivity contribution in [3.8, 4) is 6.07 Å². The smallest absolute Gasteiger partial charge is 0.294 e. The lowest BCUT2D eigenvalue weighted by Gasteiger charge is -2.15. The summed E-state index contributed by atoms with van der Waals surface area (Å²) in [4.78, 5) is 8.94. The lowest BCUT2D eigenvalue weighted by atomic mass is 10.1. The van der Waals surface area contributed by atoms with Crippen LogP contribution in [0.25, 0.3) is 0 Å². The summed E-state index contributed by atoms with van der Waals surface area (Å²) in [5.74, 6) is -0.685. The third-order valence-corrected chi connectivity index (χ3v) is 6.11. The second kappa shape index (κ2) is 8.97. The van der Waals surface area contributed by atoms with Gasteiger partial charge in [-0.2, -0.15) is 18.8 Å². The molecular formula is C16H15N7O7S2. The molecule has 0 aromatic heterocycles. The highest BCUT2D eigenvalue weighted by molar-refractivity contribution is 7.92. The van der Waals surface area contributed by atoms with E-state index in [0.29, 0.717) is 0 Å². The van der Waals surface area contributed by atoms with Crippen molar-refractivity contribution >= 4 is 48.8 Å². The van der Waals surface area contributed by atoms with Gasteiger partial charge < -0.3 is 5.73 Å². The van der Waals surface area contributed by atoms with Crippen LogP contribution < -0.4 is 15.9 Å². The number of non-ortho nitro benzene ring substituents is 1. The molecule has 0 spiro atoms. The van der Waals surface area contributed by atoms with E-state index in [1.165, 1.54) is 13.0 Å². The van der Waals surface area contributed by atoms with Gasteiger partial charge in [-0.1, -0.05) is 6.07 Å². The van der Waals surface area contributed by atoms with Gasteiger partial charge in [0.2, 0.25) is 5.71 Å². The van der Waals surface area contributed by atoms with Gasteiger partial charge in [0, 0.05) is 12.1 Å². The minimum atomic E-state index is -4.81. The van der Waals surface area contributed by atoms with Crippen molar-refractivity contribution in [2.75, 3.05) is 10.1 Å². The zero-order valence-electron chi connectivity index (χ0n) is 16.1. The van der Waals surface area contributed by atoms with E-state index < -0.39 is 52.1 Å². The summed E-state index contributed by atoms with van der Waals surface area (Å²) >= 11 is 0. The summed E-state index contributed by atoms with van der Waals surface area (Å²) in [6.45, 7) is 1.36. The molecule has 0 aliphatic rings. The molecule has 0 radical (unpaired) electrons. The van der Waals surface area contributed by atoms with Crippen LogP contribution in [-0.4, -0.2) is 37.9 Å². The van der Waals surface area contributed by atoms with Crippen LogP contribution in [0, 0.1) is 33.8 Å². The van der Waals surface area contributed by atoms with Gasteiger partial charge in [-0.3, -0.25) is 30.2 Å². The fourth-order valence-corrected chi connectivity index (χ4v) is 3.97. The van der Waals surface area contributed by atoms with Crippen molar-refractivity contribution in [1.29, 1.82) is 10.7 Å². The maximum Gasteiger partial charge on any atom is 0.294 e. The number of nitro groups is 1. The number of rotatable bonds is 8. The lowest BCUT2D eigenvalue weighted by Crippen LogP contribution is -2.22. The Morgan fingerprint density at radius 1 is 1.22 bits per heavy atom. The molecular weight excluding hydrogens is 466 g/mol. The molecule has 0 aliphatic heterocycles. The average Bonchev–Trinajstić information content (AvgIpc) is 2.69. The zero-order chi connectivity index (χ0) is 24.3. The minimum Gasteiger partial charge on any atom is -0.382 e. The number of nitrogens with one attached hydrogen (secondary N) is 3. The number of amidine groups is 1. The van der Waals surface area contributed by atoms with E-state index >= 15 is 0 Å². The van der Waals surface area contributed by atoms with Crippen LogP contribution in [0.1, 0.15) is 5.56 Å². The van der Waals surface area contributed by atoms with Crippen molar-refractivity contribution in [2.24, 2.45) is 10.8 Å². The number of hydrazone groups is 1. The number of sulfonamides is 1. The molecule has 0 saturated carbocycles. The van der Waals surface area contributed by atoms with Gasteiger partial charge in [0.05, 0.1) is 26.1 Å². The molecule has 0 fully saturated rings. The van der Waals surface area contributed by atoms with Crippen LogP contribution in [0.15, 0.2) is 51.3 Å². The van der Waals surface area contributed by atoms with Crippen molar-refractivity contribution < 1.29 is 26.3 Å². The molecule has 14 nitrogen and oxygen atoms in total. The third-order valence-electron chi connectivity index (χ3n) is 3.91. The largest absolute Gasteiger partial charge is 0.382 e. The van der Waals surface area contributed by atoms with Crippen molar-refractivity contribution in [2.45, 2.75) is 16.7 Å². The number of anilines is 2. The summed E-state index contributed by atoms with van der Waals surface area (Å²) < 4.78 is 60.2. The average molecular weight is 481 g/mol. The number of benzene rings is 2. The first-order valence-electron chi connectivity index (χ1n) is 8.24. The Bertz CT molecular complexity index is 1390. The van der Waals surface area contributed by atoms with E-state index in [1.807, 2.05) is 0 Å². The fraction of sp³-hybridized carbons (Fsp3) is 0.0625. The molecule has 2 aromatic rings. The highest BCUT2D eigenvalue weighted by Gasteiger charge is 2.22. The quantitative estimate of drug-likeness (QED) is 0.118. The van der Waals surface area contributed by atoms with E-state index in [2.05, 4.69) is 15.2 Å². The highest BCUT2D eigenvalue weighted by Crippen LogP contribution is 2.30. The van der Waals surface area contributed by atoms with Crippen LogP contribution in [0.2, 0.25) is 0 Å². The van der Waals surface area contributed by atoms with Gasteiger partial charge in [-0.05, 0) is 30.7 Å². The van der Waals surface area contributed by atoms with E-state index in [1.54, 1.807) is 0 Å². The molecule has 0 saturated heterocycles. The third kappa shape index (κ3) is 5.54. The number of hydrogen-bond donors (Lipinski definition) is 5. The maximum absolute atomic E-state index is 12.7.